The number of ether oxygens (including phenoxy) is 2. The Morgan fingerprint density at radius 1 is 1.12 bits per heavy atom. The van der Waals surface area contributed by atoms with Gasteiger partial charge in [-0.3, -0.25) is 9.36 Å². The fraction of sp³-hybridized carbons (Fsp3) is 0.375. The number of benzene rings is 2. The molecule has 0 N–H and O–H groups in total. The first-order valence-electron chi connectivity index (χ1n) is 10.9. The van der Waals surface area contributed by atoms with Crippen LogP contribution in [-0.4, -0.2) is 51.1 Å². The summed E-state index contributed by atoms with van der Waals surface area (Å²) in [5.41, 5.74) is 4.45. The third kappa shape index (κ3) is 4.07. The van der Waals surface area contributed by atoms with Gasteiger partial charge < -0.3 is 14.4 Å². The highest BCUT2D eigenvalue weighted by molar-refractivity contribution is 7.99. The van der Waals surface area contributed by atoms with Crippen molar-refractivity contribution in [3.05, 3.63) is 59.4 Å². The summed E-state index contributed by atoms with van der Waals surface area (Å²) < 4.78 is 13.3. The van der Waals surface area contributed by atoms with Gasteiger partial charge in [0.1, 0.15) is 19.5 Å². The standard InChI is InChI=1S/C24H26N4O3S/c1-16-5-6-17(2)20(12-16)28-15-25-26-24(28)32-14-23(29)27-9-3-4-19(27)18-7-8-21-22(13-18)31-11-10-30-21/h5-8,12-13,15,19H,3-4,9-11,14H2,1-2H3/t19-/m1/s1. The third-order valence-corrected chi connectivity index (χ3v) is 6.92. The van der Waals surface area contributed by atoms with Crippen LogP contribution in [0.15, 0.2) is 47.9 Å². The van der Waals surface area contributed by atoms with Crippen molar-refractivity contribution in [1.82, 2.24) is 19.7 Å². The van der Waals surface area contributed by atoms with Gasteiger partial charge in [-0.25, -0.2) is 0 Å². The molecular formula is C24H26N4O3S. The van der Waals surface area contributed by atoms with Gasteiger partial charge in [-0.15, -0.1) is 10.2 Å². The second kappa shape index (κ2) is 8.86. The van der Waals surface area contributed by atoms with E-state index in [1.165, 1.54) is 17.3 Å². The first kappa shape index (κ1) is 20.9. The number of hydrogen-bond acceptors (Lipinski definition) is 6. The van der Waals surface area contributed by atoms with Crippen molar-refractivity contribution >= 4 is 17.7 Å². The highest BCUT2D eigenvalue weighted by atomic mass is 32.2. The van der Waals surface area contributed by atoms with Crippen LogP contribution in [0.2, 0.25) is 0 Å². The van der Waals surface area contributed by atoms with Crippen molar-refractivity contribution in [2.45, 2.75) is 37.9 Å². The molecule has 32 heavy (non-hydrogen) atoms. The first-order valence-corrected chi connectivity index (χ1v) is 11.9. The van der Waals surface area contributed by atoms with Crippen molar-refractivity contribution in [1.29, 1.82) is 0 Å². The number of aryl methyl sites for hydroxylation is 2. The lowest BCUT2D eigenvalue weighted by Gasteiger charge is -2.26. The number of nitrogens with zero attached hydrogens (tertiary/aromatic N) is 4. The lowest BCUT2D eigenvalue weighted by Crippen LogP contribution is -2.32. The summed E-state index contributed by atoms with van der Waals surface area (Å²) in [5, 5.41) is 9.08. The van der Waals surface area contributed by atoms with Crippen molar-refractivity contribution in [3.63, 3.8) is 0 Å². The summed E-state index contributed by atoms with van der Waals surface area (Å²) in [5.74, 6) is 1.98. The molecule has 2 aliphatic rings. The molecular weight excluding hydrogens is 424 g/mol. The number of fused-ring (bicyclic) bond motifs is 1. The van der Waals surface area contributed by atoms with Crippen LogP contribution in [0, 0.1) is 13.8 Å². The Kier molecular flexibility index (Phi) is 5.78. The minimum atomic E-state index is 0.0656. The highest BCUT2D eigenvalue weighted by Crippen LogP contribution is 2.38. The molecule has 0 bridgehead atoms. The van der Waals surface area contributed by atoms with Crippen molar-refractivity contribution in [3.8, 4) is 17.2 Å². The van der Waals surface area contributed by atoms with Gasteiger partial charge in [0.05, 0.1) is 17.5 Å². The average molecular weight is 451 g/mol. The van der Waals surface area contributed by atoms with Gasteiger partial charge in [0.2, 0.25) is 5.91 Å². The topological polar surface area (TPSA) is 69.5 Å². The van der Waals surface area contributed by atoms with Crippen LogP contribution < -0.4 is 9.47 Å². The number of aromatic nitrogens is 3. The number of likely N-dealkylation sites (tertiary alicyclic amines) is 1. The predicted octanol–water partition coefficient (Wildman–Crippen LogP) is 4.11. The van der Waals surface area contributed by atoms with E-state index in [0.29, 0.717) is 19.0 Å². The number of thioether (sulfide) groups is 1. The van der Waals surface area contributed by atoms with Crippen LogP contribution in [-0.2, 0) is 4.79 Å². The lowest BCUT2D eigenvalue weighted by molar-refractivity contribution is -0.129. The highest BCUT2D eigenvalue weighted by Gasteiger charge is 2.31. The summed E-state index contributed by atoms with van der Waals surface area (Å²) in [6.07, 6.45) is 3.66. The Bertz CT molecular complexity index is 1150. The first-order chi connectivity index (χ1) is 15.6. The molecule has 0 saturated carbocycles. The monoisotopic (exact) mass is 450 g/mol. The van der Waals surface area contributed by atoms with E-state index in [2.05, 4.69) is 42.2 Å². The molecule has 5 rings (SSSR count). The number of hydrogen-bond donors (Lipinski definition) is 0. The molecule has 1 saturated heterocycles. The maximum absolute atomic E-state index is 13.2. The second-order valence-corrected chi connectivity index (χ2v) is 9.15. The molecule has 3 aromatic rings. The summed E-state index contributed by atoms with van der Waals surface area (Å²) in [4.78, 5) is 15.2. The van der Waals surface area contributed by atoms with Gasteiger partial charge >= 0.3 is 0 Å². The minimum absolute atomic E-state index is 0.0656. The summed E-state index contributed by atoms with van der Waals surface area (Å²) in [7, 11) is 0. The molecule has 0 radical (unpaired) electrons. The molecule has 1 atom stereocenters. The zero-order chi connectivity index (χ0) is 22.1. The smallest absolute Gasteiger partial charge is 0.233 e. The van der Waals surface area contributed by atoms with Gasteiger partial charge in [-0.05, 0) is 61.6 Å². The van der Waals surface area contributed by atoms with Crippen molar-refractivity contribution in [2.24, 2.45) is 0 Å². The molecule has 0 unspecified atom stereocenters. The number of carbonyl (C=O) groups excluding carboxylic acids is 1. The third-order valence-electron chi connectivity index (χ3n) is 5.99. The largest absolute Gasteiger partial charge is 0.486 e. The fourth-order valence-electron chi connectivity index (χ4n) is 4.36. The Morgan fingerprint density at radius 2 is 1.97 bits per heavy atom. The Morgan fingerprint density at radius 3 is 2.84 bits per heavy atom. The van der Waals surface area contributed by atoms with E-state index in [1.54, 1.807) is 6.33 Å². The van der Waals surface area contributed by atoms with Crippen LogP contribution in [0.1, 0.15) is 35.6 Å². The van der Waals surface area contributed by atoms with Gasteiger partial charge in [0.25, 0.3) is 0 Å². The van der Waals surface area contributed by atoms with Crippen LogP contribution in [0.5, 0.6) is 11.5 Å². The normalized spacial score (nSPS) is 17.6. The van der Waals surface area contributed by atoms with Crippen LogP contribution >= 0.6 is 11.8 Å². The van der Waals surface area contributed by atoms with Gasteiger partial charge in [-0.1, -0.05) is 30.0 Å². The quantitative estimate of drug-likeness (QED) is 0.545. The number of carbonyl (C=O) groups is 1. The average Bonchev–Trinajstić information content (AvgIpc) is 3.48. The zero-order valence-electron chi connectivity index (χ0n) is 18.3. The molecule has 8 heteroatoms. The SMILES string of the molecule is Cc1ccc(C)c(-n2cnnc2SCC(=O)N2CCC[C@@H]2c2ccc3c(c2)OCCO3)c1. The molecule has 2 aliphatic heterocycles. The van der Waals surface area contributed by atoms with Crippen molar-refractivity contribution in [2.75, 3.05) is 25.5 Å². The van der Waals surface area contributed by atoms with Crippen LogP contribution in [0.3, 0.4) is 0 Å². The maximum atomic E-state index is 13.2. The second-order valence-electron chi connectivity index (χ2n) is 8.21. The Labute approximate surface area is 191 Å². The predicted molar refractivity (Wildman–Crippen MR) is 123 cm³/mol. The lowest BCUT2D eigenvalue weighted by atomic mass is 10.0. The molecule has 7 nitrogen and oxygen atoms in total. The van der Waals surface area contributed by atoms with Crippen LogP contribution in [0.4, 0.5) is 0 Å². The van der Waals surface area contributed by atoms with E-state index in [4.69, 9.17) is 9.47 Å². The number of rotatable bonds is 5. The van der Waals surface area contributed by atoms with Gasteiger partial charge in [0.15, 0.2) is 16.7 Å². The Hall–Kier alpha value is -3.00. The number of amides is 1. The molecule has 3 heterocycles. The Balaban J connectivity index is 1.30. The van der Waals surface area contributed by atoms with Crippen LogP contribution in [0.25, 0.3) is 5.69 Å². The molecule has 1 aromatic heterocycles. The minimum Gasteiger partial charge on any atom is -0.486 e. The molecule has 1 fully saturated rings. The molecule has 2 aromatic carbocycles. The molecule has 0 spiro atoms. The fourth-order valence-corrected chi connectivity index (χ4v) is 5.16. The molecule has 1 amide bonds. The van der Waals surface area contributed by atoms with E-state index in [-0.39, 0.29) is 11.9 Å². The van der Waals surface area contributed by atoms with E-state index >= 15 is 0 Å². The summed E-state index contributed by atoms with van der Waals surface area (Å²) in [6.45, 7) is 6.03. The van der Waals surface area contributed by atoms with E-state index in [1.807, 2.05) is 27.7 Å². The van der Waals surface area contributed by atoms with Gasteiger partial charge in [-0.2, -0.15) is 0 Å². The van der Waals surface area contributed by atoms with E-state index < -0.39 is 0 Å². The zero-order valence-corrected chi connectivity index (χ0v) is 19.1. The van der Waals surface area contributed by atoms with E-state index in [9.17, 15) is 4.79 Å². The van der Waals surface area contributed by atoms with Gasteiger partial charge in [0, 0.05) is 6.54 Å². The van der Waals surface area contributed by atoms with Crippen molar-refractivity contribution < 1.29 is 14.3 Å². The molecule has 166 valence electrons. The summed E-state index contributed by atoms with van der Waals surface area (Å²) >= 11 is 1.43. The summed E-state index contributed by atoms with van der Waals surface area (Å²) in [6, 6.07) is 12.4. The maximum Gasteiger partial charge on any atom is 0.233 e. The van der Waals surface area contributed by atoms with E-state index in [0.717, 1.165) is 52.9 Å². The molecule has 0 aliphatic carbocycles.